The van der Waals surface area contributed by atoms with Crippen LogP contribution in [0.15, 0.2) is 48.5 Å². The fourth-order valence-corrected chi connectivity index (χ4v) is 5.05. The van der Waals surface area contributed by atoms with Crippen LogP contribution < -0.4 is 16.4 Å². The second kappa shape index (κ2) is 11.5. The third kappa shape index (κ3) is 6.02. The van der Waals surface area contributed by atoms with Gasteiger partial charge in [0.15, 0.2) is 0 Å². The first-order valence-electron chi connectivity index (χ1n) is 10.9. The minimum Gasteiger partial charge on any atom is -0.397 e. The van der Waals surface area contributed by atoms with Crippen molar-refractivity contribution in [2.45, 2.75) is 56.7 Å². The highest BCUT2D eigenvalue weighted by molar-refractivity contribution is 6.05. The van der Waals surface area contributed by atoms with E-state index in [9.17, 15) is 4.79 Å². The molecule has 1 aliphatic carbocycles. The van der Waals surface area contributed by atoms with E-state index in [1.165, 1.54) is 45.1 Å². The van der Waals surface area contributed by atoms with Crippen LogP contribution in [-0.2, 0) is 0 Å². The van der Waals surface area contributed by atoms with Crippen LogP contribution in [0.4, 0.5) is 17.1 Å². The highest BCUT2D eigenvalue weighted by Crippen LogP contribution is 2.40. The zero-order valence-electron chi connectivity index (χ0n) is 18.0. The Kier molecular flexibility index (Phi) is 9.53. The summed E-state index contributed by atoms with van der Waals surface area (Å²) in [5.41, 5.74) is 8.87. The predicted octanol–water partition coefficient (Wildman–Crippen LogP) is 5.60. The van der Waals surface area contributed by atoms with E-state index >= 15 is 0 Å². The molecule has 2 unspecified atom stereocenters. The molecule has 2 atom stereocenters. The summed E-state index contributed by atoms with van der Waals surface area (Å²) in [7, 11) is 0. The fraction of sp³-hybridized carbons (Fsp3) is 0.458. The Hall–Kier alpha value is -1.66. The summed E-state index contributed by atoms with van der Waals surface area (Å²) >= 11 is 0. The molecule has 176 valence electrons. The van der Waals surface area contributed by atoms with Crippen molar-refractivity contribution >= 4 is 60.2 Å². The summed E-state index contributed by atoms with van der Waals surface area (Å²) in [4.78, 5) is 15.3. The van der Waals surface area contributed by atoms with E-state index in [0.717, 1.165) is 23.7 Å². The molecule has 2 heterocycles. The van der Waals surface area contributed by atoms with Gasteiger partial charge >= 0.3 is 0 Å². The number of hydrogen-bond acceptors (Lipinski definition) is 4. The highest BCUT2D eigenvalue weighted by atomic mass is 35.5. The molecule has 32 heavy (non-hydrogen) atoms. The van der Waals surface area contributed by atoms with E-state index in [1.807, 2.05) is 42.5 Å². The van der Waals surface area contributed by atoms with E-state index in [-0.39, 0.29) is 43.1 Å². The molecular weight excluding hydrogens is 467 g/mol. The fourth-order valence-electron chi connectivity index (χ4n) is 5.05. The maximum Gasteiger partial charge on any atom is 0.255 e. The number of para-hydroxylation sites is 2. The summed E-state index contributed by atoms with van der Waals surface area (Å²) in [6.07, 6.45) is 8.06. The van der Waals surface area contributed by atoms with Crippen molar-refractivity contribution in [2.24, 2.45) is 5.92 Å². The number of benzene rings is 2. The number of halogens is 3. The van der Waals surface area contributed by atoms with Gasteiger partial charge in [-0.15, -0.1) is 37.2 Å². The van der Waals surface area contributed by atoms with Gasteiger partial charge in [0.1, 0.15) is 0 Å². The third-order valence-corrected chi connectivity index (χ3v) is 6.78. The summed E-state index contributed by atoms with van der Waals surface area (Å²) < 4.78 is 0. The Morgan fingerprint density at radius 3 is 2.12 bits per heavy atom. The van der Waals surface area contributed by atoms with E-state index in [0.29, 0.717) is 23.0 Å². The van der Waals surface area contributed by atoms with Crippen molar-refractivity contribution in [3.05, 3.63) is 54.1 Å². The van der Waals surface area contributed by atoms with Crippen LogP contribution in [-0.4, -0.2) is 35.5 Å². The zero-order valence-corrected chi connectivity index (χ0v) is 20.5. The average Bonchev–Trinajstić information content (AvgIpc) is 3.50. The molecule has 0 radical (unpaired) electrons. The Bertz CT molecular complexity index is 877. The smallest absolute Gasteiger partial charge is 0.255 e. The third-order valence-electron chi connectivity index (χ3n) is 6.78. The number of rotatable bonds is 6. The van der Waals surface area contributed by atoms with Gasteiger partial charge in [0.05, 0.1) is 11.4 Å². The Morgan fingerprint density at radius 1 is 0.906 bits per heavy atom. The largest absolute Gasteiger partial charge is 0.397 e. The standard InChI is InChI=1S/C24H30N4O.3ClH/c25-22-3-1-2-4-23(22)27-24(29)17-7-9-18(10-8-17)26-19-13-20-11-12-21(14-19)28(20)15-16-5-6-16;;;/h1-4,7-10,16,19-21,26H,5-6,11-15,25H2,(H,27,29);3*1H. The number of fused-ring (bicyclic) bond motifs is 2. The first kappa shape index (κ1) is 26.6. The molecule has 8 heteroatoms. The lowest BCUT2D eigenvalue weighted by Gasteiger charge is -2.39. The van der Waals surface area contributed by atoms with Gasteiger partial charge in [0.2, 0.25) is 0 Å². The van der Waals surface area contributed by atoms with Crippen LogP contribution >= 0.6 is 37.2 Å². The van der Waals surface area contributed by atoms with Gasteiger partial charge in [-0.1, -0.05) is 12.1 Å². The van der Waals surface area contributed by atoms with Crippen molar-refractivity contribution in [3.8, 4) is 0 Å². The number of nitrogens with two attached hydrogens (primary N) is 1. The summed E-state index contributed by atoms with van der Waals surface area (Å²) in [6.45, 7) is 1.33. The van der Waals surface area contributed by atoms with Gasteiger partial charge in [0, 0.05) is 35.9 Å². The number of carbonyl (C=O) groups excluding carboxylic acids is 1. The lowest BCUT2D eigenvalue weighted by molar-refractivity contribution is 0.102. The molecule has 0 spiro atoms. The van der Waals surface area contributed by atoms with Crippen LogP contribution in [0.25, 0.3) is 0 Å². The second-order valence-corrected chi connectivity index (χ2v) is 8.96. The van der Waals surface area contributed by atoms with Crippen LogP contribution in [0.2, 0.25) is 0 Å². The quantitative estimate of drug-likeness (QED) is 0.452. The summed E-state index contributed by atoms with van der Waals surface area (Å²) in [6, 6.07) is 17.2. The molecular formula is C24H33Cl3N4O. The van der Waals surface area contributed by atoms with Crippen molar-refractivity contribution in [1.29, 1.82) is 0 Å². The number of anilines is 3. The molecule has 0 aromatic heterocycles. The van der Waals surface area contributed by atoms with Crippen molar-refractivity contribution < 1.29 is 4.79 Å². The first-order chi connectivity index (χ1) is 14.2. The van der Waals surface area contributed by atoms with Gasteiger partial charge in [-0.2, -0.15) is 0 Å². The maximum absolute atomic E-state index is 12.5. The van der Waals surface area contributed by atoms with Gasteiger partial charge in [-0.05, 0) is 80.8 Å². The molecule has 3 aliphatic rings. The molecule has 1 saturated carbocycles. The number of carbonyl (C=O) groups is 1. The Labute approximate surface area is 209 Å². The van der Waals surface area contributed by atoms with Crippen molar-refractivity contribution in [3.63, 3.8) is 0 Å². The molecule has 5 nitrogen and oxygen atoms in total. The summed E-state index contributed by atoms with van der Waals surface area (Å²) in [5.74, 6) is 0.841. The topological polar surface area (TPSA) is 70.4 Å². The Morgan fingerprint density at radius 2 is 1.53 bits per heavy atom. The first-order valence-corrected chi connectivity index (χ1v) is 10.9. The molecule has 1 amide bonds. The molecule has 2 aromatic carbocycles. The van der Waals surface area contributed by atoms with Crippen LogP contribution in [0.3, 0.4) is 0 Å². The van der Waals surface area contributed by atoms with Gasteiger partial charge < -0.3 is 16.4 Å². The van der Waals surface area contributed by atoms with Gasteiger partial charge in [-0.25, -0.2) is 0 Å². The van der Waals surface area contributed by atoms with Crippen LogP contribution in [0, 0.1) is 5.92 Å². The SMILES string of the molecule is Cl.Cl.Cl.Nc1ccccc1NC(=O)c1ccc(NC2CC3CCC(C2)N3CC2CC2)cc1. The van der Waals surface area contributed by atoms with Crippen molar-refractivity contribution in [1.82, 2.24) is 4.90 Å². The predicted molar refractivity (Wildman–Crippen MR) is 140 cm³/mol. The molecule has 3 fully saturated rings. The maximum atomic E-state index is 12.5. The molecule has 4 N–H and O–H groups in total. The monoisotopic (exact) mass is 498 g/mol. The zero-order chi connectivity index (χ0) is 19.8. The van der Waals surface area contributed by atoms with E-state index in [2.05, 4.69) is 15.5 Å². The van der Waals surface area contributed by atoms with Gasteiger partial charge in [-0.3, -0.25) is 9.69 Å². The second-order valence-electron chi connectivity index (χ2n) is 8.96. The van der Waals surface area contributed by atoms with E-state index in [1.54, 1.807) is 6.07 Å². The Balaban J connectivity index is 0.00000121. The normalized spacial score (nSPS) is 23.8. The molecule has 2 aliphatic heterocycles. The van der Waals surface area contributed by atoms with Crippen LogP contribution in [0.1, 0.15) is 48.9 Å². The van der Waals surface area contributed by atoms with E-state index < -0.39 is 0 Å². The van der Waals surface area contributed by atoms with Crippen LogP contribution in [0.5, 0.6) is 0 Å². The lowest BCUT2D eigenvalue weighted by atomic mass is 9.96. The molecule has 2 saturated heterocycles. The average molecular weight is 500 g/mol. The number of nitrogens with zero attached hydrogens (tertiary/aromatic N) is 1. The highest BCUT2D eigenvalue weighted by Gasteiger charge is 2.42. The molecule has 2 bridgehead atoms. The summed E-state index contributed by atoms with van der Waals surface area (Å²) in [5, 5.41) is 6.60. The minimum absolute atomic E-state index is 0. The number of nitrogen functional groups attached to an aromatic ring is 1. The number of hydrogen-bond donors (Lipinski definition) is 3. The van der Waals surface area contributed by atoms with Gasteiger partial charge in [0.25, 0.3) is 5.91 Å². The lowest BCUT2D eigenvalue weighted by Crippen LogP contribution is -2.47. The minimum atomic E-state index is -0.138. The number of piperidine rings is 1. The van der Waals surface area contributed by atoms with Crippen molar-refractivity contribution in [2.75, 3.05) is 22.9 Å². The molecule has 2 aromatic rings. The number of nitrogens with one attached hydrogen (secondary N) is 2. The molecule has 5 rings (SSSR count). The number of amides is 1. The van der Waals surface area contributed by atoms with E-state index in [4.69, 9.17) is 5.73 Å².